The van der Waals surface area contributed by atoms with Crippen LogP contribution in [0, 0.1) is 5.92 Å². The smallest absolute Gasteiger partial charge is 0.254 e. The molecule has 6 nitrogen and oxygen atoms in total. The molecule has 0 aliphatic carbocycles. The van der Waals surface area contributed by atoms with Gasteiger partial charge in [0, 0.05) is 30.9 Å². The normalized spacial score (nSPS) is 11.5. The Hall–Kier alpha value is -1.63. The number of nitrogens with two attached hydrogens (primary N) is 1. The van der Waals surface area contributed by atoms with Gasteiger partial charge < -0.3 is 21.1 Å². The molecule has 7 heteroatoms. The van der Waals surface area contributed by atoms with Gasteiger partial charge in [-0.1, -0.05) is 19.9 Å². The number of hydrogen-bond acceptors (Lipinski definition) is 4. The van der Waals surface area contributed by atoms with Crippen molar-refractivity contribution in [2.24, 2.45) is 11.7 Å². The quantitative estimate of drug-likeness (QED) is 0.743. The summed E-state index contributed by atoms with van der Waals surface area (Å²) in [6, 6.07) is 6.91. The predicted octanol–water partition coefficient (Wildman–Crippen LogP) is 1.62. The molecule has 0 fully saturated rings. The summed E-state index contributed by atoms with van der Waals surface area (Å²) in [6.07, 6.45) is -0.691. The Kier molecular flexibility index (Phi) is 8.61. The lowest BCUT2D eigenvalue weighted by atomic mass is 10.2. The minimum Gasteiger partial charge on any atom is -0.370 e. The van der Waals surface area contributed by atoms with E-state index in [0.717, 1.165) is 0 Å². The zero-order valence-electron chi connectivity index (χ0n) is 12.4. The molecule has 0 aliphatic heterocycles. The first-order chi connectivity index (χ1) is 9.47. The summed E-state index contributed by atoms with van der Waals surface area (Å²) in [5.41, 5.74) is 6.63. The van der Waals surface area contributed by atoms with Crippen molar-refractivity contribution in [3.05, 3.63) is 24.3 Å². The van der Waals surface area contributed by atoms with Crippen molar-refractivity contribution in [2.75, 3.05) is 24.3 Å². The van der Waals surface area contributed by atoms with Crippen LogP contribution in [-0.2, 0) is 14.3 Å². The molecule has 1 unspecified atom stereocenters. The van der Waals surface area contributed by atoms with Gasteiger partial charge in [0.1, 0.15) is 6.10 Å². The monoisotopic (exact) mass is 315 g/mol. The Balaban J connectivity index is 0.00000400. The van der Waals surface area contributed by atoms with Crippen LogP contribution in [0.2, 0.25) is 0 Å². The standard InChI is InChI=1S/C14H21N3O3.ClH/c1-9(2)13(18)16-10-5-4-6-11(7-10)17-14(19)12(8-15)20-3;/h4-7,9,12H,8,15H2,1-3H3,(H,16,18)(H,17,19);1H. The van der Waals surface area contributed by atoms with Crippen LogP contribution in [0.1, 0.15) is 13.8 Å². The number of nitrogens with one attached hydrogen (secondary N) is 2. The van der Waals surface area contributed by atoms with Gasteiger partial charge in [0.25, 0.3) is 5.91 Å². The Morgan fingerprint density at radius 1 is 1.19 bits per heavy atom. The van der Waals surface area contributed by atoms with Crippen LogP contribution in [0.25, 0.3) is 0 Å². The molecule has 0 spiro atoms. The number of methoxy groups -OCH3 is 1. The maximum atomic E-state index is 11.8. The van der Waals surface area contributed by atoms with Crippen LogP contribution in [0.4, 0.5) is 11.4 Å². The molecule has 0 saturated heterocycles. The minimum absolute atomic E-state index is 0. The summed E-state index contributed by atoms with van der Waals surface area (Å²) in [5, 5.41) is 5.46. The van der Waals surface area contributed by atoms with Crippen LogP contribution in [-0.4, -0.2) is 31.6 Å². The highest BCUT2D eigenvalue weighted by atomic mass is 35.5. The number of carbonyl (C=O) groups is 2. The van der Waals surface area contributed by atoms with Crippen molar-refractivity contribution in [3.8, 4) is 0 Å². The van der Waals surface area contributed by atoms with Gasteiger partial charge in [0.05, 0.1) is 0 Å². The van der Waals surface area contributed by atoms with Gasteiger partial charge in [-0.05, 0) is 18.2 Å². The van der Waals surface area contributed by atoms with Gasteiger partial charge in [0.2, 0.25) is 5.91 Å². The molecule has 4 N–H and O–H groups in total. The molecule has 0 bridgehead atoms. The maximum absolute atomic E-state index is 11.8. The fraction of sp³-hybridized carbons (Fsp3) is 0.429. The number of hydrogen-bond donors (Lipinski definition) is 3. The molecule has 0 saturated carbocycles. The summed E-state index contributed by atoms with van der Waals surface area (Å²) < 4.78 is 4.95. The first kappa shape index (κ1) is 19.4. The molecule has 118 valence electrons. The van der Waals surface area contributed by atoms with Crippen molar-refractivity contribution in [3.63, 3.8) is 0 Å². The molecular formula is C14H22ClN3O3. The zero-order valence-corrected chi connectivity index (χ0v) is 13.2. The van der Waals surface area contributed by atoms with E-state index in [1.807, 2.05) is 13.8 Å². The number of carbonyl (C=O) groups excluding carboxylic acids is 2. The van der Waals surface area contributed by atoms with E-state index in [4.69, 9.17) is 10.5 Å². The molecule has 21 heavy (non-hydrogen) atoms. The van der Waals surface area contributed by atoms with Crippen molar-refractivity contribution in [1.82, 2.24) is 0 Å². The van der Waals surface area contributed by atoms with E-state index in [9.17, 15) is 9.59 Å². The second kappa shape index (κ2) is 9.33. The Morgan fingerprint density at radius 2 is 1.71 bits per heavy atom. The number of ether oxygens (including phenoxy) is 1. The number of anilines is 2. The SMILES string of the molecule is COC(CN)C(=O)Nc1cccc(NC(=O)C(C)C)c1.Cl. The molecule has 1 rings (SSSR count). The van der Waals surface area contributed by atoms with Crippen LogP contribution >= 0.6 is 12.4 Å². The van der Waals surface area contributed by atoms with E-state index in [2.05, 4.69) is 10.6 Å². The van der Waals surface area contributed by atoms with Crippen molar-refractivity contribution in [1.29, 1.82) is 0 Å². The lowest BCUT2D eigenvalue weighted by Crippen LogP contribution is -2.35. The van der Waals surface area contributed by atoms with Gasteiger partial charge in [-0.2, -0.15) is 0 Å². The average molecular weight is 316 g/mol. The van der Waals surface area contributed by atoms with Crippen LogP contribution in [0.3, 0.4) is 0 Å². The third kappa shape index (κ3) is 6.12. The number of halogens is 1. The highest BCUT2D eigenvalue weighted by Crippen LogP contribution is 2.16. The largest absolute Gasteiger partial charge is 0.370 e. The average Bonchev–Trinajstić information content (AvgIpc) is 2.40. The molecule has 0 aromatic heterocycles. The second-order valence-electron chi connectivity index (χ2n) is 4.67. The first-order valence-corrected chi connectivity index (χ1v) is 6.42. The fourth-order valence-corrected chi connectivity index (χ4v) is 1.49. The molecular weight excluding hydrogens is 294 g/mol. The summed E-state index contributed by atoms with van der Waals surface area (Å²) in [5.74, 6) is -0.504. The Labute approximate surface area is 130 Å². The van der Waals surface area contributed by atoms with E-state index in [1.54, 1.807) is 24.3 Å². The predicted molar refractivity (Wildman–Crippen MR) is 85.6 cm³/mol. The highest BCUT2D eigenvalue weighted by molar-refractivity contribution is 5.96. The summed E-state index contributed by atoms with van der Waals surface area (Å²) in [7, 11) is 1.43. The summed E-state index contributed by atoms with van der Waals surface area (Å²) in [4.78, 5) is 23.4. The topological polar surface area (TPSA) is 93.4 Å². The molecule has 1 aromatic carbocycles. The van der Waals surface area contributed by atoms with E-state index in [-0.39, 0.29) is 36.7 Å². The number of rotatable bonds is 6. The molecule has 1 atom stereocenters. The summed E-state index contributed by atoms with van der Waals surface area (Å²) >= 11 is 0. The molecule has 1 aromatic rings. The lowest BCUT2D eigenvalue weighted by molar-refractivity contribution is -0.125. The number of amides is 2. The third-order valence-corrected chi connectivity index (χ3v) is 2.71. The van der Waals surface area contributed by atoms with E-state index in [1.165, 1.54) is 7.11 Å². The fourth-order valence-electron chi connectivity index (χ4n) is 1.49. The first-order valence-electron chi connectivity index (χ1n) is 6.42. The van der Waals surface area contributed by atoms with Crippen LogP contribution in [0.15, 0.2) is 24.3 Å². The lowest BCUT2D eigenvalue weighted by Gasteiger charge is -2.14. The molecule has 2 amide bonds. The van der Waals surface area contributed by atoms with Crippen LogP contribution < -0.4 is 16.4 Å². The van der Waals surface area contributed by atoms with Gasteiger partial charge in [-0.25, -0.2) is 0 Å². The molecule has 0 aliphatic rings. The van der Waals surface area contributed by atoms with Crippen LogP contribution in [0.5, 0.6) is 0 Å². The van der Waals surface area contributed by atoms with E-state index in [0.29, 0.717) is 11.4 Å². The van der Waals surface area contributed by atoms with Crippen molar-refractivity contribution >= 4 is 35.6 Å². The Morgan fingerprint density at radius 3 is 2.14 bits per heavy atom. The third-order valence-electron chi connectivity index (χ3n) is 2.71. The minimum atomic E-state index is -0.691. The number of benzene rings is 1. The Bertz CT molecular complexity index is 476. The van der Waals surface area contributed by atoms with Gasteiger partial charge >= 0.3 is 0 Å². The van der Waals surface area contributed by atoms with Crippen molar-refractivity contribution in [2.45, 2.75) is 20.0 Å². The molecule has 0 heterocycles. The van der Waals surface area contributed by atoms with E-state index >= 15 is 0 Å². The second-order valence-corrected chi connectivity index (χ2v) is 4.67. The zero-order chi connectivity index (χ0) is 15.1. The van der Waals surface area contributed by atoms with Gasteiger partial charge in [-0.3, -0.25) is 9.59 Å². The molecule has 0 radical (unpaired) electrons. The highest BCUT2D eigenvalue weighted by Gasteiger charge is 2.16. The van der Waals surface area contributed by atoms with Gasteiger partial charge in [0.15, 0.2) is 0 Å². The maximum Gasteiger partial charge on any atom is 0.254 e. The van der Waals surface area contributed by atoms with Crippen molar-refractivity contribution < 1.29 is 14.3 Å². The van der Waals surface area contributed by atoms with Gasteiger partial charge in [-0.15, -0.1) is 12.4 Å². The van der Waals surface area contributed by atoms with E-state index < -0.39 is 6.10 Å². The summed E-state index contributed by atoms with van der Waals surface area (Å²) in [6.45, 7) is 3.73.